The molecule has 0 atom stereocenters. The predicted octanol–water partition coefficient (Wildman–Crippen LogP) is 2.60. The van der Waals surface area contributed by atoms with Gasteiger partial charge in [0.25, 0.3) is 0 Å². The average molecular weight is 294 g/mol. The summed E-state index contributed by atoms with van der Waals surface area (Å²) >= 11 is 5.65. The number of pyridine rings is 1. The lowest BCUT2D eigenvalue weighted by Crippen LogP contribution is -2.29. The number of halogens is 2. The minimum atomic E-state index is -0.488. The number of rotatable bonds is 5. The van der Waals surface area contributed by atoms with Gasteiger partial charge in [0, 0.05) is 24.6 Å². The maximum Gasteiger partial charge on any atom is 0.239 e. The van der Waals surface area contributed by atoms with Crippen LogP contribution in [0.5, 0.6) is 0 Å². The Bertz CT molecular complexity index is 592. The van der Waals surface area contributed by atoms with Crippen LogP contribution in [-0.2, 0) is 11.3 Å². The molecule has 0 aliphatic carbocycles. The van der Waals surface area contributed by atoms with Crippen LogP contribution < -0.4 is 10.6 Å². The summed E-state index contributed by atoms with van der Waals surface area (Å²) in [4.78, 5) is 15.6. The maximum absolute atomic E-state index is 13.0. The molecule has 1 heterocycles. The number of anilines is 1. The topological polar surface area (TPSA) is 54.0 Å². The molecule has 1 aromatic heterocycles. The van der Waals surface area contributed by atoms with Gasteiger partial charge >= 0.3 is 0 Å². The van der Waals surface area contributed by atoms with Crippen LogP contribution in [0.3, 0.4) is 0 Å². The normalized spacial score (nSPS) is 10.1. The Morgan fingerprint density at radius 2 is 2.20 bits per heavy atom. The zero-order valence-electron chi connectivity index (χ0n) is 10.6. The standard InChI is InChI=1S/C14H13ClFN3O/c15-12-6-11(3-4-13(12)16)18-9-14(20)19-8-10-2-1-5-17-7-10/h1-7,18H,8-9H2,(H,19,20). The molecule has 0 saturated carbocycles. The van der Waals surface area contributed by atoms with Crippen LogP contribution in [0, 0.1) is 5.82 Å². The van der Waals surface area contributed by atoms with Gasteiger partial charge in [-0.15, -0.1) is 0 Å². The summed E-state index contributed by atoms with van der Waals surface area (Å²) in [5, 5.41) is 5.64. The first kappa shape index (κ1) is 14.3. The van der Waals surface area contributed by atoms with Crippen LogP contribution in [0.25, 0.3) is 0 Å². The van der Waals surface area contributed by atoms with Gasteiger partial charge in [0.2, 0.25) is 5.91 Å². The van der Waals surface area contributed by atoms with Crippen molar-refractivity contribution in [3.63, 3.8) is 0 Å². The van der Waals surface area contributed by atoms with Crippen LogP contribution in [0.4, 0.5) is 10.1 Å². The van der Waals surface area contributed by atoms with Gasteiger partial charge in [0.15, 0.2) is 0 Å². The van der Waals surface area contributed by atoms with E-state index in [-0.39, 0.29) is 17.5 Å². The first-order chi connectivity index (χ1) is 9.65. The molecule has 2 aromatic rings. The zero-order valence-corrected chi connectivity index (χ0v) is 11.3. The van der Waals surface area contributed by atoms with Crippen LogP contribution in [-0.4, -0.2) is 17.4 Å². The van der Waals surface area contributed by atoms with Crippen molar-refractivity contribution in [1.82, 2.24) is 10.3 Å². The summed E-state index contributed by atoms with van der Waals surface area (Å²) in [6, 6.07) is 7.89. The predicted molar refractivity (Wildman–Crippen MR) is 76.0 cm³/mol. The first-order valence-electron chi connectivity index (χ1n) is 5.99. The third-order valence-electron chi connectivity index (χ3n) is 2.59. The third-order valence-corrected chi connectivity index (χ3v) is 2.87. The Kier molecular flexibility index (Phi) is 4.90. The van der Waals surface area contributed by atoms with E-state index >= 15 is 0 Å². The molecule has 4 nitrogen and oxygen atoms in total. The van der Waals surface area contributed by atoms with Gasteiger partial charge in [0.05, 0.1) is 11.6 Å². The molecule has 0 fully saturated rings. The molecule has 0 aliphatic heterocycles. The molecule has 0 unspecified atom stereocenters. The monoisotopic (exact) mass is 293 g/mol. The number of benzene rings is 1. The summed E-state index contributed by atoms with van der Waals surface area (Å²) < 4.78 is 13.0. The lowest BCUT2D eigenvalue weighted by Gasteiger charge is -2.08. The highest BCUT2D eigenvalue weighted by Crippen LogP contribution is 2.18. The van der Waals surface area contributed by atoms with Crippen LogP contribution in [0.1, 0.15) is 5.56 Å². The van der Waals surface area contributed by atoms with Gasteiger partial charge in [-0.25, -0.2) is 4.39 Å². The molecule has 0 radical (unpaired) electrons. The number of nitrogens with zero attached hydrogens (tertiary/aromatic N) is 1. The lowest BCUT2D eigenvalue weighted by molar-refractivity contribution is -0.119. The van der Waals surface area contributed by atoms with Crippen molar-refractivity contribution in [3.05, 3.63) is 59.1 Å². The van der Waals surface area contributed by atoms with E-state index in [0.717, 1.165) is 5.56 Å². The van der Waals surface area contributed by atoms with E-state index in [1.165, 1.54) is 18.2 Å². The first-order valence-corrected chi connectivity index (χ1v) is 6.37. The van der Waals surface area contributed by atoms with E-state index in [1.54, 1.807) is 18.5 Å². The molecule has 6 heteroatoms. The molecule has 1 amide bonds. The number of hydrogen-bond acceptors (Lipinski definition) is 3. The Balaban J connectivity index is 1.79. The molecule has 104 valence electrons. The van der Waals surface area contributed by atoms with E-state index in [9.17, 15) is 9.18 Å². The van der Waals surface area contributed by atoms with E-state index < -0.39 is 5.82 Å². The molecular weight excluding hydrogens is 281 g/mol. The molecule has 0 aliphatic rings. The zero-order chi connectivity index (χ0) is 14.4. The van der Waals surface area contributed by atoms with Gasteiger partial charge in [-0.1, -0.05) is 17.7 Å². The van der Waals surface area contributed by atoms with E-state index in [2.05, 4.69) is 15.6 Å². The smallest absolute Gasteiger partial charge is 0.239 e. The molecule has 0 bridgehead atoms. The minimum Gasteiger partial charge on any atom is -0.376 e. The highest BCUT2D eigenvalue weighted by Gasteiger charge is 2.04. The fourth-order valence-corrected chi connectivity index (χ4v) is 1.73. The number of hydrogen-bond donors (Lipinski definition) is 2. The average Bonchev–Trinajstić information content (AvgIpc) is 2.47. The highest BCUT2D eigenvalue weighted by molar-refractivity contribution is 6.31. The number of carbonyl (C=O) groups excluding carboxylic acids is 1. The van der Waals surface area contributed by atoms with Crippen molar-refractivity contribution in [2.75, 3.05) is 11.9 Å². The molecular formula is C14H13ClFN3O. The molecule has 0 saturated heterocycles. The second kappa shape index (κ2) is 6.86. The van der Waals surface area contributed by atoms with Crippen molar-refractivity contribution in [2.24, 2.45) is 0 Å². The van der Waals surface area contributed by atoms with Crippen molar-refractivity contribution in [3.8, 4) is 0 Å². The SMILES string of the molecule is O=C(CNc1ccc(F)c(Cl)c1)NCc1cccnc1. The van der Waals surface area contributed by atoms with Crippen molar-refractivity contribution >= 4 is 23.2 Å². The summed E-state index contributed by atoms with van der Waals surface area (Å²) in [6.45, 7) is 0.501. The van der Waals surface area contributed by atoms with E-state index in [1.807, 2.05) is 6.07 Å². The summed E-state index contributed by atoms with van der Waals surface area (Å²) in [5.41, 5.74) is 1.51. The Labute approximate surface area is 121 Å². The third kappa shape index (κ3) is 4.20. The fraction of sp³-hybridized carbons (Fsp3) is 0.143. The largest absolute Gasteiger partial charge is 0.376 e. The Morgan fingerprint density at radius 1 is 1.35 bits per heavy atom. The van der Waals surface area contributed by atoms with Crippen LogP contribution in [0.2, 0.25) is 5.02 Å². The molecule has 2 rings (SSSR count). The van der Waals surface area contributed by atoms with Crippen molar-refractivity contribution < 1.29 is 9.18 Å². The second-order valence-electron chi connectivity index (χ2n) is 4.12. The van der Waals surface area contributed by atoms with Crippen molar-refractivity contribution in [2.45, 2.75) is 6.54 Å². The highest BCUT2D eigenvalue weighted by atomic mass is 35.5. The van der Waals surface area contributed by atoms with Crippen LogP contribution in [0.15, 0.2) is 42.7 Å². The van der Waals surface area contributed by atoms with E-state index in [4.69, 9.17) is 11.6 Å². The number of nitrogens with one attached hydrogen (secondary N) is 2. The van der Waals surface area contributed by atoms with Gasteiger partial charge < -0.3 is 10.6 Å². The van der Waals surface area contributed by atoms with Gasteiger partial charge in [-0.2, -0.15) is 0 Å². The number of carbonyl (C=O) groups is 1. The fourth-order valence-electron chi connectivity index (χ4n) is 1.55. The summed E-state index contributed by atoms with van der Waals surface area (Å²) in [7, 11) is 0. The number of aromatic nitrogens is 1. The van der Waals surface area contributed by atoms with Crippen LogP contribution >= 0.6 is 11.6 Å². The van der Waals surface area contributed by atoms with Gasteiger partial charge in [-0.3, -0.25) is 9.78 Å². The van der Waals surface area contributed by atoms with Gasteiger partial charge in [0.1, 0.15) is 5.82 Å². The summed E-state index contributed by atoms with van der Waals surface area (Å²) in [6.07, 6.45) is 3.36. The maximum atomic E-state index is 13.0. The molecule has 20 heavy (non-hydrogen) atoms. The number of amides is 1. The lowest BCUT2D eigenvalue weighted by atomic mass is 10.3. The molecule has 2 N–H and O–H groups in total. The Hall–Kier alpha value is -2.14. The Morgan fingerprint density at radius 3 is 2.90 bits per heavy atom. The second-order valence-corrected chi connectivity index (χ2v) is 4.53. The minimum absolute atomic E-state index is 0.0192. The summed E-state index contributed by atoms with van der Waals surface area (Å²) in [5.74, 6) is -0.660. The van der Waals surface area contributed by atoms with E-state index in [0.29, 0.717) is 12.2 Å². The van der Waals surface area contributed by atoms with Gasteiger partial charge in [-0.05, 0) is 29.8 Å². The molecule has 1 aromatic carbocycles. The quantitative estimate of drug-likeness (QED) is 0.891. The molecule has 0 spiro atoms. The van der Waals surface area contributed by atoms with Crippen molar-refractivity contribution in [1.29, 1.82) is 0 Å².